The van der Waals surface area contributed by atoms with Crippen LogP contribution in [0.4, 0.5) is 5.69 Å². The molecule has 0 radical (unpaired) electrons. The maximum atomic E-state index is 13.9. The minimum Gasteiger partial charge on any atom is -0.291 e. The predicted octanol–water partition coefficient (Wildman–Crippen LogP) is 5.50. The first-order chi connectivity index (χ1) is 15.3. The first kappa shape index (κ1) is 21.5. The maximum absolute atomic E-state index is 13.9. The van der Waals surface area contributed by atoms with E-state index in [0.717, 1.165) is 53.9 Å². The molecule has 6 aliphatic rings. The van der Waals surface area contributed by atoms with E-state index in [1.807, 2.05) is 40.9 Å². The minimum atomic E-state index is -0.497. The van der Waals surface area contributed by atoms with E-state index < -0.39 is 5.41 Å². The van der Waals surface area contributed by atoms with Crippen LogP contribution in [0.3, 0.4) is 0 Å². The van der Waals surface area contributed by atoms with Crippen molar-refractivity contribution >= 4 is 40.8 Å². The molecular weight excluding hydrogens is 438 g/mol. The number of carbonyl (C=O) groups excluding carboxylic acids is 1. The summed E-state index contributed by atoms with van der Waals surface area (Å²) in [5.41, 5.74) is 0.450. The first-order valence-electron chi connectivity index (χ1n) is 12.4. The number of amides is 1. The fourth-order valence-corrected chi connectivity index (χ4v) is 8.86. The van der Waals surface area contributed by atoms with Crippen LogP contribution in [-0.4, -0.2) is 52.8 Å². The molecule has 7 rings (SSSR count). The monoisotopic (exact) mass is 471 g/mol. The van der Waals surface area contributed by atoms with E-state index >= 15 is 0 Å². The highest BCUT2D eigenvalue weighted by molar-refractivity contribution is 7.99. The Labute approximate surface area is 201 Å². The Morgan fingerprint density at radius 2 is 1.53 bits per heavy atom. The van der Waals surface area contributed by atoms with Crippen molar-refractivity contribution in [1.82, 2.24) is 4.90 Å². The second-order valence-electron chi connectivity index (χ2n) is 11.5. The van der Waals surface area contributed by atoms with E-state index in [9.17, 15) is 4.79 Å². The molecule has 172 valence electrons. The van der Waals surface area contributed by atoms with E-state index in [1.165, 1.54) is 38.5 Å². The van der Waals surface area contributed by atoms with E-state index in [-0.39, 0.29) is 17.5 Å². The summed E-state index contributed by atoms with van der Waals surface area (Å²) in [7, 11) is 0. The Balaban J connectivity index is 1.47. The number of anilines is 1. The van der Waals surface area contributed by atoms with Crippen molar-refractivity contribution in [2.75, 3.05) is 29.5 Å². The average Bonchev–Trinajstić information content (AvgIpc) is 2.93. The Hall–Kier alpha value is -1.04. The Morgan fingerprint density at radius 1 is 0.969 bits per heavy atom. The third kappa shape index (κ3) is 3.45. The van der Waals surface area contributed by atoms with Gasteiger partial charge in [0.05, 0.1) is 22.7 Å². The Bertz CT molecular complexity index is 902. The van der Waals surface area contributed by atoms with Crippen LogP contribution < -0.4 is 4.90 Å². The Morgan fingerprint density at radius 3 is 2.09 bits per heavy atom. The van der Waals surface area contributed by atoms with E-state index in [0.29, 0.717) is 5.02 Å². The third-order valence-corrected chi connectivity index (χ3v) is 9.96. The molecule has 1 aromatic carbocycles. The Kier molecular flexibility index (Phi) is 5.20. The SMILES string of the molecule is CC1(C)C(=O)N(c2ccc(Cl)cc2)C(=NC23CC4CC(CC(C4)C2)C3)[C@H]1N1CCSCC1. The summed E-state index contributed by atoms with van der Waals surface area (Å²) in [4.78, 5) is 24.1. The van der Waals surface area contributed by atoms with Crippen LogP contribution >= 0.6 is 23.4 Å². The van der Waals surface area contributed by atoms with Gasteiger partial charge in [0.1, 0.15) is 5.84 Å². The van der Waals surface area contributed by atoms with E-state index in [4.69, 9.17) is 16.6 Å². The van der Waals surface area contributed by atoms with Gasteiger partial charge < -0.3 is 0 Å². The molecule has 0 spiro atoms. The third-order valence-electron chi connectivity index (χ3n) is 8.76. The quantitative estimate of drug-likeness (QED) is 0.584. The molecule has 0 aromatic heterocycles. The van der Waals surface area contributed by atoms with Gasteiger partial charge in [0.2, 0.25) is 5.91 Å². The number of carbonyl (C=O) groups is 1. The molecule has 0 N–H and O–H groups in total. The fraction of sp³-hybridized carbons (Fsp3) is 0.692. The van der Waals surface area contributed by atoms with Crippen LogP contribution in [0.1, 0.15) is 52.4 Å². The van der Waals surface area contributed by atoms with Crippen LogP contribution in [0.25, 0.3) is 0 Å². The highest BCUT2D eigenvalue weighted by Gasteiger charge is 2.57. The van der Waals surface area contributed by atoms with Gasteiger partial charge >= 0.3 is 0 Å². The van der Waals surface area contributed by atoms with E-state index in [1.54, 1.807) is 0 Å². The van der Waals surface area contributed by atoms with Crippen LogP contribution in [0.15, 0.2) is 29.3 Å². The molecule has 32 heavy (non-hydrogen) atoms. The summed E-state index contributed by atoms with van der Waals surface area (Å²) in [6.45, 7) is 6.32. The summed E-state index contributed by atoms with van der Waals surface area (Å²) < 4.78 is 0. The van der Waals surface area contributed by atoms with Crippen LogP contribution in [0.5, 0.6) is 0 Å². The summed E-state index contributed by atoms with van der Waals surface area (Å²) in [6, 6.07) is 7.80. The normalized spacial score (nSPS) is 39.9. The average molecular weight is 472 g/mol. The zero-order valence-electron chi connectivity index (χ0n) is 19.2. The van der Waals surface area contributed by atoms with Crippen molar-refractivity contribution in [3.05, 3.63) is 29.3 Å². The number of halogens is 1. The van der Waals surface area contributed by atoms with Gasteiger partial charge in [-0.05, 0) is 94.4 Å². The number of benzene rings is 1. The molecule has 6 fully saturated rings. The number of nitrogens with zero attached hydrogens (tertiary/aromatic N) is 3. The molecule has 0 unspecified atom stereocenters. The lowest BCUT2D eigenvalue weighted by Crippen LogP contribution is -2.54. The summed E-state index contributed by atoms with van der Waals surface area (Å²) in [5, 5.41) is 0.698. The van der Waals surface area contributed by atoms with Gasteiger partial charge in [-0.2, -0.15) is 11.8 Å². The lowest BCUT2D eigenvalue weighted by molar-refractivity contribution is -0.125. The molecule has 2 heterocycles. The number of thioether (sulfide) groups is 1. The second kappa shape index (κ2) is 7.74. The number of hydrogen-bond acceptors (Lipinski definition) is 4. The van der Waals surface area contributed by atoms with Crippen molar-refractivity contribution in [3.8, 4) is 0 Å². The lowest BCUT2D eigenvalue weighted by atomic mass is 9.53. The van der Waals surface area contributed by atoms with Gasteiger partial charge in [-0.15, -0.1) is 0 Å². The highest BCUT2D eigenvalue weighted by atomic mass is 35.5. The molecule has 2 saturated heterocycles. The van der Waals surface area contributed by atoms with Gasteiger partial charge in [-0.1, -0.05) is 11.6 Å². The van der Waals surface area contributed by atoms with Crippen molar-refractivity contribution < 1.29 is 4.79 Å². The van der Waals surface area contributed by atoms with Gasteiger partial charge in [0.15, 0.2) is 0 Å². The molecule has 6 heteroatoms. The molecule has 1 atom stereocenters. The summed E-state index contributed by atoms with van der Waals surface area (Å²) in [6.07, 6.45) is 7.86. The smallest absolute Gasteiger partial charge is 0.240 e. The molecule has 4 aliphatic carbocycles. The molecule has 2 aliphatic heterocycles. The van der Waals surface area contributed by atoms with Crippen LogP contribution in [0.2, 0.25) is 5.02 Å². The number of aliphatic imine (C=N–C) groups is 1. The topological polar surface area (TPSA) is 35.9 Å². The predicted molar refractivity (Wildman–Crippen MR) is 134 cm³/mol. The zero-order valence-corrected chi connectivity index (χ0v) is 20.8. The molecule has 1 aromatic rings. The standard InChI is InChI=1S/C26H34ClN3OS/c1-25(2)22(29-7-9-32-10-8-29)23(30(24(25)31)21-5-3-20(27)4-6-21)28-26-14-17-11-18(15-26)13-19(12-17)16-26/h3-6,17-19,22H,7-16H2,1-2H3/t17?,18?,19?,22-,26?/m1/s1. The van der Waals surface area contributed by atoms with Crippen molar-refractivity contribution in [2.45, 2.75) is 64.0 Å². The summed E-state index contributed by atoms with van der Waals surface area (Å²) in [5.74, 6) is 5.96. The maximum Gasteiger partial charge on any atom is 0.240 e. The van der Waals surface area contributed by atoms with Gasteiger partial charge in [0, 0.05) is 29.6 Å². The number of rotatable bonds is 3. The molecular formula is C26H34ClN3OS. The largest absolute Gasteiger partial charge is 0.291 e. The summed E-state index contributed by atoms with van der Waals surface area (Å²) >= 11 is 8.22. The van der Waals surface area contributed by atoms with Gasteiger partial charge in [-0.3, -0.25) is 19.6 Å². The number of hydrogen-bond donors (Lipinski definition) is 0. The molecule has 4 bridgehead atoms. The van der Waals surface area contributed by atoms with Crippen LogP contribution in [0, 0.1) is 23.2 Å². The molecule has 1 amide bonds. The number of amidine groups is 1. The first-order valence-corrected chi connectivity index (χ1v) is 13.9. The fourth-order valence-electron chi connectivity index (χ4n) is 7.81. The molecule has 4 nitrogen and oxygen atoms in total. The zero-order chi connectivity index (χ0) is 22.1. The minimum absolute atomic E-state index is 0.0399. The van der Waals surface area contributed by atoms with Crippen molar-refractivity contribution in [1.29, 1.82) is 0 Å². The highest BCUT2D eigenvalue weighted by Crippen LogP contribution is 2.58. The second-order valence-corrected chi connectivity index (χ2v) is 13.2. The van der Waals surface area contributed by atoms with Crippen LogP contribution in [-0.2, 0) is 4.79 Å². The van der Waals surface area contributed by atoms with Gasteiger partial charge in [-0.25, -0.2) is 0 Å². The van der Waals surface area contributed by atoms with Gasteiger partial charge in [0.25, 0.3) is 0 Å². The van der Waals surface area contributed by atoms with E-state index in [2.05, 4.69) is 18.7 Å². The lowest BCUT2D eigenvalue weighted by Gasteiger charge is -2.55. The molecule has 4 saturated carbocycles. The van der Waals surface area contributed by atoms with Crippen molar-refractivity contribution in [2.24, 2.45) is 28.2 Å². The van der Waals surface area contributed by atoms with Crippen molar-refractivity contribution in [3.63, 3.8) is 0 Å².